The second-order valence-corrected chi connectivity index (χ2v) is 8.28. The van der Waals surface area contributed by atoms with Crippen LogP contribution in [0.1, 0.15) is 51.4 Å². The van der Waals surface area contributed by atoms with Gasteiger partial charge in [-0.1, -0.05) is 44.3 Å². The molecule has 0 aromatic rings. The van der Waals surface area contributed by atoms with E-state index in [0.717, 1.165) is 6.42 Å². The average Bonchev–Trinajstić information content (AvgIpc) is 3.24. The van der Waals surface area contributed by atoms with Crippen LogP contribution in [-0.4, -0.2) is 35.7 Å². The van der Waals surface area contributed by atoms with E-state index in [-0.39, 0.29) is 47.9 Å². The number of likely N-dealkylation sites (tertiary alicyclic amines) is 1. The molecule has 5 heteroatoms. The zero-order valence-electron chi connectivity index (χ0n) is 14.8. The van der Waals surface area contributed by atoms with Crippen molar-refractivity contribution in [3.8, 4) is 0 Å². The van der Waals surface area contributed by atoms with Crippen molar-refractivity contribution in [1.29, 1.82) is 0 Å². The van der Waals surface area contributed by atoms with Crippen LogP contribution in [0.3, 0.4) is 0 Å². The van der Waals surface area contributed by atoms with Gasteiger partial charge in [0.2, 0.25) is 17.7 Å². The average molecular weight is 344 g/mol. The van der Waals surface area contributed by atoms with Gasteiger partial charge in [0.1, 0.15) is 6.54 Å². The number of fused-ring (bicyclic) bond motifs is 5. The van der Waals surface area contributed by atoms with Gasteiger partial charge in [-0.15, -0.1) is 0 Å². The van der Waals surface area contributed by atoms with E-state index in [1.165, 1.54) is 49.8 Å². The molecular formula is C20H28N2O3. The summed E-state index contributed by atoms with van der Waals surface area (Å²) in [5.41, 5.74) is 0. The molecule has 4 aliphatic rings. The minimum Gasteiger partial charge on any atom is -0.354 e. The third-order valence-electron chi connectivity index (χ3n) is 6.68. The van der Waals surface area contributed by atoms with Crippen LogP contribution in [0.5, 0.6) is 0 Å². The lowest BCUT2D eigenvalue weighted by Crippen LogP contribution is -2.43. The van der Waals surface area contributed by atoms with Crippen LogP contribution in [-0.2, 0) is 14.4 Å². The van der Waals surface area contributed by atoms with Gasteiger partial charge < -0.3 is 5.32 Å². The lowest BCUT2D eigenvalue weighted by atomic mass is 9.85. The molecule has 136 valence electrons. The monoisotopic (exact) mass is 344 g/mol. The Kier molecular flexibility index (Phi) is 4.65. The largest absolute Gasteiger partial charge is 0.354 e. The summed E-state index contributed by atoms with van der Waals surface area (Å²) in [6.45, 7) is 0.575. The zero-order chi connectivity index (χ0) is 17.4. The normalized spacial score (nSPS) is 35.0. The fraction of sp³-hybridized carbons (Fsp3) is 0.750. The minimum atomic E-state index is -0.207. The fourth-order valence-electron chi connectivity index (χ4n) is 5.32. The molecule has 25 heavy (non-hydrogen) atoms. The minimum absolute atomic E-state index is 0.100. The third-order valence-corrected chi connectivity index (χ3v) is 6.68. The summed E-state index contributed by atoms with van der Waals surface area (Å²) in [6.07, 6.45) is 13.8. The molecule has 1 heterocycles. The number of rotatable bonds is 4. The van der Waals surface area contributed by atoms with Crippen molar-refractivity contribution >= 4 is 17.7 Å². The van der Waals surface area contributed by atoms with Crippen molar-refractivity contribution in [1.82, 2.24) is 10.2 Å². The van der Waals surface area contributed by atoms with Crippen LogP contribution >= 0.6 is 0 Å². The smallest absolute Gasteiger partial charge is 0.240 e. The van der Waals surface area contributed by atoms with Crippen molar-refractivity contribution in [2.75, 3.05) is 13.1 Å². The van der Waals surface area contributed by atoms with Crippen molar-refractivity contribution in [3.05, 3.63) is 12.2 Å². The third kappa shape index (κ3) is 3.13. The Balaban J connectivity index is 1.29. The van der Waals surface area contributed by atoms with Gasteiger partial charge in [0.25, 0.3) is 0 Å². The number of carbonyl (C=O) groups is 3. The van der Waals surface area contributed by atoms with Crippen LogP contribution in [0.4, 0.5) is 0 Å². The molecule has 3 aliphatic carbocycles. The predicted molar refractivity (Wildman–Crippen MR) is 93.3 cm³/mol. The van der Waals surface area contributed by atoms with E-state index >= 15 is 0 Å². The molecule has 4 atom stereocenters. The highest BCUT2D eigenvalue weighted by Crippen LogP contribution is 2.52. The van der Waals surface area contributed by atoms with E-state index in [4.69, 9.17) is 0 Å². The van der Waals surface area contributed by atoms with E-state index in [0.29, 0.717) is 12.5 Å². The van der Waals surface area contributed by atoms with E-state index in [9.17, 15) is 14.4 Å². The molecule has 1 aliphatic heterocycles. The van der Waals surface area contributed by atoms with E-state index in [1.807, 2.05) is 0 Å². The molecule has 0 spiro atoms. The quantitative estimate of drug-likeness (QED) is 0.628. The second kappa shape index (κ2) is 6.93. The maximum absolute atomic E-state index is 12.6. The van der Waals surface area contributed by atoms with Gasteiger partial charge in [-0.25, -0.2) is 0 Å². The lowest BCUT2D eigenvalue weighted by molar-refractivity contribution is -0.144. The molecule has 5 nitrogen and oxygen atoms in total. The van der Waals surface area contributed by atoms with E-state index < -0.39 is 0 Å². The molecule has 2 saturated carbocycles. The second-order valence-electron chi connectivity index (χ2n) is 8.28. The Morgan fingerprint density at radius 3 is 2.12 bits per heavy atom. The molecule has 1 N–H and O–H groups in total. The van der Waals surface area contributed by atoms with Crippen LogP contribution in [0, 0.1) is 29.6 Å². The Labute approximate surface area is 149 Å². The standard InChI is InChI=1S/C20H28N2O3/c23-16(21-11-13-6-4-2-1-3-5-7-13)12-22-19(24)17-14-8-9-15(10-14)18(17)20(22)25/h8-9,13-15,17-18H,1-7,10-12H2,(H,21,23)/t14-,15-,17+,18+/m0/s1. The lowest BCUT2D eigenvalue weighted by Gasteiger charge is -2.21. The first-order valence-corrected chi connectivity index (χ1v) is 9.95. The zero-order valence-corrected chi connectivity index (χ0v) is 14.8. The highest BCUT2D eigenvalue weighted by molar-refractivity contribution is 6.08. The molecular weight excluding hydrogens is 316 g/mol. The summed E-state index contributed by atoms with van der Waals surface area (Å²) in [5, 5.41) is 2.97. The number of hydrogen-bond donors (Lipinski definition) is 1. The topological polar surface area (TPSA) is 66.5 Å². The molecule has 1 saturated heterocycles. The Morgan fingerprint density at radius 1 is 0.960 bits per heavy atom. The molecule has 0 aromatic heterocycles. The van der Waals surface area contributed by atoms with Crippen LogP contribution in [0.15, 0.2) is 12.2 Å². The molecule has 0 unspecified atom stereocenters. The van der Waals surface area contributed by atoms with E-state index in [1.54, 1.807) is 0 Å². The van der Waals surface area contributed by atoms with Crippen LogP contribution in [0.2, 0.25) is 0 Å². The van der Waals surface area contributed by atoms with Crippen LogP contribution < -0.4 is 5.32 Å². The molecule has 2 bridgehead atoms. The molecule has 3 amide bonds. The van der Waals surface area contributed by atoms with Gasteiger partial charge in [0, 0.05) is 6.54 Å². The summed E-state index contributed by atoms with van der Waals surface area (Å²) in [4.78, 5) is 38.7. The maximum Gasteiger partial charge on any atom is 0.240 e. The SMILES string of the molecule is O=C(CN1C(=O)[C@H]2[C@H](C1=O)[C@H]1C=C[C@H]2C1)NCC1CCCCCCC1. The van der Waals surface area contributed by atoms with Gasteiger partial charge >= 0.3 is 0 Å². The number of hydrogen-bond acceptors (Lipinski definition) is 3. The maximum atomic E-state index is 12.6. The van der Waals surface area contributed by atoms with Crippen LogP contribution in [0.25, 0.3) is 0 Å². The van der Waals surface area contributed by atoms with Gasteiger partial charge in [-0.05, 0) is 37.0 Å². The highest BCUT2D eigenvalue weighted by Gasteiger charge is 2.59. The first-order valence-electron chi connectivity index (χ1n) is 9.95. The highest BCUT2D eigenvalue weighted by atomic mass is 16.2. The van der Waals surface area contributed by atoms with Crippen molar-refractivity contribution in [2.45, 2.75) is 51.4 Å². The summed E-state index contributed by atoms with van der Waals surface area (Å²) >= 11 is 0. The number of allylic oxidation sites excluding steroid dienone is 2. The van der Waals surface area contributed by atoms with Gasteiger partial charge in [-0.3, -0.25) is 19.3 Å². The molecule has 3 fully saturated rings. The van der Waals surface area contributed by atoms with Gasteiger partial charge in [0.05, 0.1) is 11.8 Å². The molecule has 4 rings (SSSR count). The first-order chi connectivity index (χ1) is 12.1. The predicted octanol–water partition coefficient (Wildman–Crippen LogP) is 2.27. The Bertz CT molecular complexity index is 562. The fourth-order valence-corrected chi connectivity index (χ4v) is 5.32. The van der Waals surface area contributed by atoms with E-state index in [2.05, 4.69) is 17.5 Å². The van der Waals surface area contributed by atoms with Gasteiger partial charge in [0.15, 0.2) is 0 Å². The van der Waals surface area contributed by atoms with Crippen molar-refractivity contribution in [3.63, 3.8) is 0 Å². The summed E-state index contributed by atoms with van der Waals surface area (Å²) in [5.74, 6) is 0.0734. The van der Waals surface area contributed by atoms with Crippen molar-refractivity contribution in [2.24, 2.45) is 29.6 Å². The number of carbonyl (C=O) groups excluding carboxylic acids is 3. The Morgan fingerprint density at radius 2 is 1.52 bits per heavy atom. The van der Waals surface area contributed by atoms with Crippen molar-refractivity contribution < 1.29 is 14.4 Å². The summed E-state index contributed by atoms with van der Waals surface area (Å²) < 4.78 is 0. The molecule has 0 radical (unpaired) electrons. The summed E-state index contributed by atoms with van der Waals surface area (Å²) in [6, 6.07) is 0. The number of amides is 3. The number of imide groups is 1. The summed E-state index contributed by atoms with van der Waals surface area (Å²) in [7, 11) is 0. The van der Waals surface area contributed by atoms with Gasteiger partial charge in [-0.2, -0.15) is 0 Å². The number of nitrogens with zero attached hydrogens (tertiary/aromatic N) is 1. The molecule has 0 aromatic carbocycles. The number of nitrogens with one attached hydrogen (secondary N) is 1. The first kappa shape index (κ1) is 16.8. The Hall–Kier alpha value is -1.65.